The van der Waals surface area contributed by atoms with Crippen LogP contribution in [0, 0.1) is 5.82 Å². The van der Waals surface area contributed by atoms with Crippen LogP contribution in [-0.4, -0.2) is 67.4 Å². The summed E-state index contributed by atoms with van der Waals surface area (Å²) in [6.45, 7) is 2.18. The largest absolute Gasteiger partial charge is 0.378 e. The van der Waals surface area contributed by atoms with E-state index >= 15 is 0 Å². The number of anilines is 1. The van der Waals surface area contributed by atoms with Crippen molar-refractivity contribution in [2.45, 2.75) is 25.4 Å². The minimum Gasteiger partial charge on any atom is -0.378 e. The third-order valence-electron chi connectivity index (χ3n) is 6.24. The van der Waals surface area contributed by atoms with Gasteiger partial charge in [-0.25, -0.2) is 19.2 Å². The number of aromatic nitrogens is 5. The van der Waals surface area contributed by atoms with Crippen LogP contribution in [0.1, 0.15) is 18.4 Å². The summed E-state index contributed by atoms with van der Waals surface area (Å²) in [6, 6.07) is 6.92. The number of fused-ring (bicyclic) bond motifs is 3. The van der Waals surface area contributed by atoms with Crippen molar-refractivity contribution in [1.29, 1.82) is 0 Å². The van der Waals surface area contributed by atoms with Crippen molar-refractivity contribution in [3.8, 4) is 11.3 Å². The number of rotatable bonds is 5. The van der Waals surface area contributed by atoms with E-state index in [0.29, 0.717) is 49.2 Å². The van der Waals surface area contributed by atoms with E-state index in [2.05, 4.69) is 15.6 Å². The highest BCUT2D eigenvalue weighted by Gasteiger charge is 2.24. The van der Waals surface area contributed by atoms with Crippen LogP contribution in [0.25, 0.3) is 28.1 Å². The third kappa shape index (κ3) is 3.81. The molecule has 6 rings (SSSR count). The zero-order valence-corrected chi connectivity index (χ0v) is 18.8. The predicted octanol–water partition coefficient (Wildman–Crippen LogP) is 2.54. The van der Waals surface area contributed by atoms with Gasteiger partial charge in [-0.2, -0.15) is 9.61 Å². The van der Waals surface area contributed by atoms with E-state index < -0.39 is 0 Å². The van der Waals surface area contributed by atoms with Crippen LogP contribution < -0.4 is 10.6 Å². The maximum atomic E-state index is 14.5. The number of aryl methyl sites for hydroxylation is 1. The molecule has 4 heterocycles. The molecular formula is C23H25FN8O2. The predicted molar refractivity (Wildman–Crippen MR) is 124 cm³/mol. The number of ether oxygens (including phenoxy) is 1. The summed E-state index contributed by atoms with van der Waals surface area (Å²) in [5.41, 5.74) is 4.09. The van der Waals surface area contributed by atoms with Crippen LogP contribution in [0.4, 0.5) is 15.0 Å². The van der Waals surface area contributed by atoms with E-state index in [1.165, 1.54) is 6.07 Å². The topological polar surface area (TPSA) is 102 Å². The Balaban J connectivity index is 1.31. The summed E-state index contributed by atoms with van der Waals surface area (Å²) in [5, 5.41) is 11.0. The monoisotopic (exact) mass is 464 g/mol. The van der Waals surface area contributed by atoms with Gasteiger partial charge in [0.05, 0.1) is 25.2 Å². The number of carbonyl (C=O) groups is 1. The van der Waals surface area contributed by atoms with Crippen molar-refractivity contribution in [2.75, 3.05) is 31.6 Å². The van der Waals surface area contributed by atoms with E-state index in [1.54, 1.807) is 27.9 Å². The fourth-order valence-corrected chi connectivity index (χ4v) is 4.20. The molecule has 4 aromatic rings. The summed E-state index contributed by atoms with van der Waals surface area (Å²) in [5.74, 6) is 0.375. The molecule has 2 aliphatic rings. The van der Waals surface area contributed by atoms with Crippen molar-refractivity contribution in [3.05, 3.63) is 42.0 Å². The first-order chi connectivity index (χ1) is 16.6. The first-order valence-electron chi connectivity index (χ1n) is 11.4. The summed E-state index contributed by atoms with van der Waals surface area (Å²) in [7, 11) is 1.92. The fraction of sp³-hybridized carbons (Fsp3) is 0.391. The van der Waals surface area contributed by atoms with Crippen LogP contribution in [-0.2, 0) is 18.3 Å². The number of benzene rings is 1. The van der Waals surface area contributed by atoms with Gasteiger partial charge in [0.1, 0.15) is 5.82 Å². The molecule has 1 aliphatic carbocycles. The number of nitrogens with one attached hydrogen (secondary N) is 2. The summed E-state index contributed by atoms with van der Waals surface area (Å²) in [6.07, 6.45) is 4.01. The molecule has 1 aliphatic heterocycles. The molecule has 2 fully saturated rings. The quantitative estimate of drug-likeness (QED) is 0.471. The number of imidazole rings is 1. The molecule has 0 spiro atoms. The lowest BCUT2D eigenvalue weighted by molar-refractivity contribution is 0.0531. The van der Waals surface area contributed by atoms with Crippen LogP contribution in [0.5, 0.6) is 0 Å². The lowest BCUT2D eigenvalue weighted by atomic mass is 10.1. The highest BCUT2D eigenvalue weighted by Crippen LogP contribution is 2.30. The van der Waals surface area contributed by atoms with Gasteiger partial charge < -0.3 is 24.8 Å². The molecule has 1 aromatic carbocycles. The van der Waals surface area contributed by atoms with Gasteiger partial charge in [0, 0.05) is 49.9 Å². The van der Waals surface area contributed by atoms with Crippen LogP contribution in [0.15, 0.2) is 30.6 Å². The molecule has 3 aromatic heterocycles. The van der Waals surface area contributed by atoms with E-state index in [0.717, 1.165) is 35.4 Å². The average Bonchev–Trinajstić information content (AvgIpc) is 3.43. The molecule has 176 valence electrons. The number of nitrogens with zero attached hydrogens (tertiary/aromatic N) is 6. The number of amides is 2. The highest BCUT2D eigenvalue weighted by atomic mass is 19.1. The number of hydrogen-bond donors (Lipinski definition) is 2. The van der Waals surface area contributed by atoms with Gasteiger partial charge in [0.15, 0.2) is 22.6 Å². The lowest BCUT2D eigenvalue weighted by Gasteiger charge is -2.27. The van der Waals surface area contributed by atoms with Gasteiger partial charge in [-0.1, -0.05) is 0 Å². The number of carbonyl (C=O) groups excluding carboxylic acids is 1. The minimum absolute atomic E-state index is 0.0862. The Labute approximate surface area is 194 Å². The lowest BCUT2D eigenvalue weighted by Crippen LogP contribution is -2.45. The highest BCUT2D eigenvalue weighted by molar-refractivity contribution is 5.86. The maximum absolute atomic E-state index is 14.5. The van der Waals surface area contributed by atoms with Gasteiger partial charge in [-0.3, -0.25) is 0 Å². The zero-order valence-electron chi connectivity index (χ0n) is 18.8. The van der Waals surface area contributed by atoms with Gasteiger partial charge >= 0.3 is 6.03 Å². The second-order valence-electron chi connectivity index (χ2n) is 8.77. The van der Waals surface area contributed by atoms with E-state index in [1.807, 2.05) is 17.7 Å². The van der Waals surface area contributed by atoms with Crippen molar-refractivity contribution in [3.63, 3.8) is 0 Å². The third-order valence-corrected chi connectivity index (χ3v) is 6.24. The van der Waals surface area contributed by atoms with Crippen LogP contribution in [0.3, 0.4) is 0 Å². The Kier molecular flexibility index (Phi) is 5.05. The summed E-state index contributed by atoms with van der Waals surface area (Å²) < 4.78 is 23.5. The Morgan fingerprint density at radius 1 is 1.24 bits per heavy atom. The first-order valence-corrected chi connectivity index (χ1v) is 11.4. The molecule has 1 saturated carbocycles. The van der Waals surface area contributed by atoms with Crippen molar-refractivity contribution < 1.29 is 13.9 Å². The summed E-state index contributed by atoms with van der Waals surface area (Å²) in [4.78, 5) is 23.3. The fourth-order valence-electron chi connectivity index (χ4n) is 4.20. The molecule has 0 bridgehead atoms. The number of halogens is 1. The average molecular weight is 465 g/mol. The molecular weight excluding hydrogens is 439 g/mol. The molecule has 10 nitrogen and oxygen atoms in total. The molecule has 0 unspecified atom stereocenters. The zero-order chi connectivity index (χ0) is 23.2. The van der Waals surface area contributed by atoms with E-state index in [9.17, 15) is 9.18 Å². The normalized spacial score (nSPS) is 16.4. The van der Waals surface area contributed by atoms with Crippen LogP contribution in [0.2, 0.25) is 0 Å². The Morgan fingerprint density at radius 3 is 2.85 bits per heavy atom. The molecule has 34 heavy (non-hydrogen) atoms. The van der Waals surface area contributed by atoms with Crippen molar-refractivity contribution >= 4 is 28.7 Å². The molecule has 1 saturated heterocycles. The Hall–Kier alpha value is -3.73. The van der Waals surface area contributed by atoms with Gasteiger partial charge in [0.25, 0.3) is 0 Å². The number of morpholine rings is 1. The SMILES string of the molecule is Cn1cnc2c(NC3CC3)nc3cc(-c4ccc(F)c(CNC(=O)N5CCOCC5)c4)nn3c21. The van der Waals surface area contributed by atoms with Crippen molar-refractivity contribution in [1.82, 2.24) is 34.4 Å². The molecule has 2 N–H and O–H groups in total. The second kappa shape index (κ2) is 8.24. The Morgan fingerprint density at radius 2 is 2.06 bits per heavy atom. The molecule has 0 radical (unpaired) electrons. The first kappa shape index (κ1) is 20.8. The maximum Gasteiger partial charge on any atom is 0.317 e. The summed E-state index contributed by atoms with van der Waals surface area (Å²) >= 11 is 0. The molecule has 2 amide bonds. The molecule has 11 heteroatoms. The van der Waals surface area contributed by atoms with Crippen LogP contribution >= 0.6 is 0 Å². The van der Waals surface area contributed by atoms with Gasteiger partial charge in [-0.15, -0.1) is 0 Å². The Bertz CT molecular complexity index is 1390. The van der Waals surface area contributed by atoms with Crippen molar-refractivity contribution in [2.24, 2.45) is 7.05 Å². The second-order valence-corrected chi connectivity index (χ2v) is 8.77. The standard InChI is InChI=1S/C23H25FN8O2/c1-30-13-26-20-21(27-16-3-4-16)28-19-11-18(29-32(19)22(20)30)14-2-5-17(24)15(10-14)12-25-23(33)31-6-8-34-9-7-31/h2,5,10-11,13,16H,3-4,6-9,12H2,1H3,(H,25,33)(H,27,28). The van der Waals surface area contributed by atoms with Gasteiger partial charge in [0.2, 0.25) is 0 Å². The smallest absolute Gasteiger partial charge is 0.317 e. The van der Waals surface area contributed by atoms with E-state index in [-0.39, 0.29) is 18.4 Å². The number of urea groups is 1. The van der Waals surface area contributed by atoms with E-state index in [4.69, 9.17) is 14.8 Å². The molecule has 0 atom stereocenters. The number of hydrogen-bond acceptors (Lipinski definition) is 6. The minimum atomic E-state index is -0.377. The van der Waals surface area contributed by atoms with Gasteiger partial charge in [-0.05, 0) is 31.0 Å².